The molecule has 1 amide bonds. The third-order valence-corrected chi connectivity index (χ3v) is 2.04. The molecule has 0 aromatic carbocycles. The number of hydrogen-bond acceptors (Lipinski definition) is 3. The van der Waals surface area contributed by atoms with Crippen molar-refractivity contribution in [2.75, 3.05) is 13.6 Å². The van der Waals surface area contributed by atoms with Crippen LogP contribution in [-0.4, -0.2) is 25.5 Å². The van der Waals surface area contributed by atoms with Gasteiger partial charge >= 0.3 is 0 Å². The van der Waals surface area contributed by atoms with E-state index in [9.17, 15) is 4.79 Å². The molecule has 1 heterocycles. The van der Waals surface area contributed by atoms with E-state index in [1.54, 1.807) is 13.3 Å². The first kappa shape index (κ1) is 10.8. The normalized spacial score (nSPS) is 12.4. The molecule has 0 fully saturated rings. The lowest BCUT2D eigenvalue weighted by Gasteiger charge is -2.10. The molecule has 4 heteroatoms. The van der Waals surface area contributed by atoms with E-state index in [1.807, 2.05) is 19.1 Å². The van der Waals surface area contributed by atoms with E-state index in [0.29, 0.717) is 0 Å². The van der Waals surface area contributed by atoms with Crippen LogP contribution in [-0.2, 0) is 11.2 Å². The van der Waals surface area contributed by atoms with Gasteiger partial charge in [-0.05, 0) is 19.1 Å². The second kappa shape index (κ2) is 5.44. The Morgan fingerprint density at radius 3 is 3.00 bits per heavy atom. The fourth-order valence-corrected chi connectivity index (χ4v) is 1.18. The maximum Gasteiger partial charge on any atom is 0.236 e. The molecule has 0 saturated carbocycles. The third kappa shape index (κ3) is 3.22. The number of nitrogens with one attached hydrogen (secondary N) is 2. The summed E-state index contributed by atoms with van der Waals surface area (Å²) in [6, 6.07) is 3.62. The number of rotatable bonds is 5. The Morgan fingerprint density at radius 2 is 2.43 bits per heavy atom. The van der Waals surface area contributed by atoms with E-state index in [0.717, 1.165) is 18.7 Å². The van der Waals surface area contributed by atoms with Crippen LogP contribution < -0.4 is 10.6 Å². The average molecular weight is 196 g/mol. The molecule has 78 valence electrons. The van der Waals surface area contributed by atoms with Crippen molar-refractivity contribution < 1.29 is 9.21 Å². The van der Waals surface area contributed by atoms with Gasteiger partial charge in [0.2, 0.25) is 5.91 Å². The lowest BCUT2D eigenvalue weighted by Crippen LogP contribution is -2.41. The van der Waals surface area contributed by atoms with Crippen molar-refractivity contribution in [3.05, 3.63) is 24.2 Å². The smallest absolute Gasteiger partial charge is 0.236 e. The molecule has 0 saturated heterocycles. The molecular weight excluding hydrogens is 180 g/mol. The van der Waals surface area contributed by atoms with E-state index < -0.39 is 0 Å². The van der Waals surface area contributed by atoms with E-state index in [4.69, 9.17) is 4.42 Å². The number of carbonyl (C=O) groups excluding carboxylic acids is 1. The minimum absolute atomic E-state index is 0.00412. The number of furan rings is 1. The van der Waals surface area contributed by atoms with Crippen LogP contribution >= 0.6 is 0 Å². The van der Waals surface area contributed by atoms with Crippen molar-refractivity contribution in [3.63, 3.8) is 0 Å². The van der Waals surface area contributed by atoms with Crippen molar-refractivity contribution in [1.29, 1.82) is 0 Å². The van der Waals surface area contributed by atoms with Crippen molar-refractivity contribution in [2.45, 2.75) is 19.4 Å². The van der Waals surface area contributed by atoms with Gasteiger partial charge in [-0.3, -0.25) is 4.79 Å². The number of carbonyl (C=O) groups is 1. The van der Waals surface area contributed by atoms with Crippen LogP contribution in [0.3, 0.4) is 0 Å². The highest BCUT2D eigenvalue weighted by atomic mass is 16.3. The number of amides is 1. The summed E-state index contributed by atoms with van der Waals surface area (Å²) >= 11 is 0. The van der Waals surface area contributed by atoms with Gasteiger partial charge in [-0.2, -0.15) is 0 Å². The fourth-order valence-electron chi connectivity index (χ4n) is 1.18. The summed E-state index contributed by atoms with van der Waals surface area (Å²) < 4.78 is 5.16. The Morgan fingerprint density at radius 1 is 1.64 bits per heavy atom. The highest BCUT2D eigenvalue weighted by Gasteiger charge is 2.08. The van der Waals surface area contributed by atoms with Crippen LogP contribution in [0.15, 0.2) is 22.8 Å². The molecule has 2 N–H and O–H groups in total. The lowest BCUT2D eigenvalue weighted by atomic mass is 10.3. The largest absolute Gasteiger partial charge is 0.469 e. The van der Waals surface area contributed by atoms with Crippen LogP contribution in [0.4, 0.5) is 0 Å². The number of likely N-dealkylation sites (N-methyl/N-ethyl adjacent to an activating group) is 1. The summed E-state index contributed by atoms with van der Waals surface area (Å²) in [5, 5.41) is 5.68. The Bertz CT molecular complexity index is 270. The Labute approximate surface area is 83.7 Å². The van der Waals surface area contributed by atoms with Gasteiger partial charge in [0.15, 0.2) is 0 Å². The maximum absolute atomic E-state index is 11.1. The fraction of sp³-hybridized carbons (Fsp3) is 0.500. The Kier molecular flexibility index (Phi) is 4.19. The standard InChI is InChI=1S/C10H16N2O2/c1-8(10(13)11-2)12-6-5-9-4-3-7-14-9/h3-4,7-8,12H,5-6H2,1-2H3,(H,11,13). The molecule has 1 unspecified atom stereocenters. The van der Waals surface area contributed by atoms with Gasteiger partial charge < -0.3 is 15.1 Å². The second-order valence-corrected chi connectivity index (χ2v) is 3.12. The van der Waals surface area contributed by atoms with Gasteiger partial charge in [0.05, 0.1) is 12.3 Å². The highest BCUT2D eigenvalue weighted by molar-refractivity contribution is 5.80. The SMILES string of the molecule is CNC(=O)C(C)NCCc1ccco1. The molecule has 4 nitrogen and oxygen atoms in total. The predicted octanol–water partition coefficient (Wildman–Crippen LogP) is 0.546. The zero-order chi connectivity index (χ0) is 10.4. The van der Waals surface area contributed by atoms with Gasteiger partial charge in [0.25, 0.3) is 0 Å². The van der Waals surface area contributed by atoms with Crippen LogP contribution in [0.5, 0.6) is 0 Å². The molecule has 1 aromatic heterocycles. The minimum Gasteiger partial charge on any atom is -0.469 e. The zero-order valence-electron chi connectivity index (χ0n) is 8.54. The van der Waals surface area contributed by atoms with Crippen LogP contribution in [0.25, 0.3) is 0 Å². The first-order valence-corrected chi connectivity index (χ1v) is 4.71. The zero-order valence-corrected chi connectivity index (χ0v) is 8.54. The van der Waals surface area contributed by atoms with Crippen molar-refractivity contribution >= 4 is 5.91 Å². The second-order valence-electron chi connectivity index (χ2n) is 3.12. The molecule has 1 rings (SSSR count). The molecule has 14 heavy (non-hydrogen) atoms. The molecule has 0 spiro atoms. The topological polar surface area (TPSA) is 54.3 Å². The molecule has 1 aromatic rings. The molecule has 0 bridgehead atoms. The maximum atomic E-state index is 11.1. The highest BCUT2D eigenvalue weighted by Crippen LogP contribution is 1.99. The first-order valence-electron chi connectivity index (χ1n) is 4.71. The van der Waals surface area contributed by atoms with E-state index in [2.05, 4.69) is 10.6 Å². The van der Waals surface area contributed by atoms with Gasteiger partial charge in [0.1, 0.15) is 5.76 Å². The first-order chi connectivity index (χ1) is 6.74. The van der Waals surface area contributed by atoms with E-state index in [1.165, 1.54) is 0 Å². The van der Waals surface area contributed by atoms with E-state index in [-0.39, 0.29) is 11.9 Å². The minimum atomic E-state index is -0.157. The lowest BCUT2D eigenvalue weighted by molar-refractivity contribution is -0.122. The molecule has 0 aliphatic heterocycles. The summed E-state index contributed by atoms with van der Waals surface area (Å²) in [5.41, 5.74) is 0. The van der Waals surface area contributed by atoms with Gasteiger partial charge in [-0.25, -0.2) is 0 Å². The van der Waals surface area contributed by atoms with Crippen molar-refractivity contribution in [3.8, 4) is 0 Å². The number of hydrogen-bond donors (Lipinski definition) is 2. The summed E-state index contributed by atoms with van der Waals surface area (Å²) in [6.07, 6.45) is 2.45. The summed E-state index contributed by atoms with van der Waals surface area (Å²) in [6.45, 7) is 2.57. The monoisotopic (exact) mass is 196 g/mol. The third-order valence-electron chi connectivity index (χ3n) is 2.04. The summed E-state index contributed by atoms with van der Waals surface area (Å²) in [7, 11) is 1.63. The van der Waals surface area contributed by atoms with Gasteiger partial charge in [-0.15, -0.1) is 0 Å². The average Bonchev–Trinajstić information content (AvgIpc) is 2.69. The summed E-state index contributed by atoms with van der Waals surface area (Å²) in [4.78, 5) is 11.1. The van der Waals surface area contributed by atoms with Crippen molar-refractivity contribution in [2.24, 2.45) is 0 Å². The quantitative estimate of drug-likeness (QED) is 0.723. The Hall–Kier alpha value is -1.29. The van der Waals surface area contributed by atoms with Crippen LogP contribution in [0, 0.1) is 0 Å². The molecule has 1 atom stereocenters. The predicted molar refractivity (Wildman–Crippen MR) is 53.9 cm³/mol. The van der Waals surface area contributed by atoms with Crippen LogP contribution in [0.1, 0.15) is 12.7 Å². The van der Waals surface area contributed by atoms with E-state index >= 15 is 0 Å². The van der Waals surface area contributed by atoms with Crippen LogP contribution in [0.2, 0.25) is 0 Å². The van der Waals surface area contributed by atoms with Gasteiger partial charge in [0, 0.05) is 20.0 Å². The molecular formula is C10H16N2O2. The molecule has 0 aliphatic rings. The van der Waals surface area contributed by atoms with Crippen molar-refractivity contribution in [1.82, 2.24) is 10.6 Å². The molecule has 0 radical (unpaired) electrons. The molecule has 0 aliphatic carbocycles. The Balaban J connectivity index is 2.18. The summed E-state index contributed by atoms with van der Waals surface area (Å²) in [5.74, 6) is 0.936. The van der Waals surface area contributed by atoms with Gasteiger partial charge in [-0.1, -0.05) is 0 Å².